The Morgan fingerprint density at radius 3 is 2.86 bits per heavy atom. The van der Waals surface area contributed by atoms with Crippen LogP contribution in [0.15, 0.2) is 48.8 Å². The summed E-state index contributed by atoms with van der Waals surface area (Å²) in [5, 5.41) is 5.36. The van der Waals surface area contributed by atoms with Crippen molar-refractivity contribution in [3.8, 4) is 0 Å². The van der Waals surface area contributed by atoms with Crippen LogP contribution in [0, 0.1) is 0 Å². The Balaban J connectivity index is 1.52. The fourth-order valence-corrected chi connectivity index (χ4v) is 3.89. The monoisotopic (exact) mass is 392 g/mol. The number of benzene rings is 1. The first-order valence-corrected chi connectivity index (χ1v) is 10.5. The second-order valence-electron chi connectivity index (χ2n) is 7.66. The van der Waals surface area contributed by atoms with Crippen LogP contribution in [0.4, 0.5) is 0 Å². The number of rotatable bonds is 7. The van der Waals surface area contributed by atoms with Crippen molar-refractivity contribution in [1.29, 1.82) is 0 Å². The molecule has 0 N–H and O–H groups in total. The molecule has 29 heavy (non-hydrogen) atoms. The minimum Gasteiger partial charge on any atom is -0.376 e. The summed E-state index contributed by atoms with van der Waals surface area (Å²) in [7, 11) is 0. The number of aromatic nitrogens is 3. The van der Waals surface area contributed by atoms with Gasteiger partial charge in [-0.1, -0.05) is 37.3 Å². The Morgan fingerprint density at radius 2 is 2.10 bits per heavy atom. The van der Waals surface area contributed by atoms with Gasteiger partial charge >= 0.3 is 0 Å². The summed E-state index contributed by atoms with van der Waals surface area (Å²) in [6, 6.07) is 12.1. The van der Waals surface area contributed by atoms with Crippen LogP contribution in [0.25, 0.3) is 11.0 Å². The van der Waals surface area contributed by atoms with Crippen molar-refractivity contribution in [1.82, 2.24) is 19.7 Å². The Kier molecular flexibility index (Phi) is 6.20. The van der Waals surface area contributed by atoms with Crippen molar-refractivity contribution in [3.05, 3.63) is 59.9 Å². The zero-order valence-corrected chi connectivity index (χ0v) is 17.0. The van der Waals surface area contributed by atoms with Crippen molar-refractivity contribution in [2.75, 3.05) is 19.7 Å². The van der Waals surface area contributed by atoms with Gasteiger partial charge in [0.15, 0.2) is 5.65 Å². The summed E-state index contributed by atoms with van der Waals surface area (Å²) in [6.45, 7) is 4.93. The van der Waals surface area contributed by atoms with E-state index in [1.165, 1.54) is 12.0 Å². The number of nitrogens with zero attached hydrogens (tertiary/aromatic N) is 4. The molecule has 0 bridgehead atoms. The predicted octanol–water partition coefficient (Wildman–Crippen LogP) is 3.90. The molecule has 0 saturated carbocycles. The summed E-state index contributed by atoms with van der Waals surface area (Å²) >= 11 is 0. The number of fused-ring (bicyclic) bond motifs is 1. The quantitative estimate of drug-likeness (QED) is 0.612. The fourth-order valence-electron chi connectivity index (χ4n) is 3.89. The van der Waals surface area contributed by atoms with Crippen LogP contribution < -0.4 is 0 Å². The van der Waals surface area contributed by atoms with Gasteiger partial charge in [-0.2, -0.15) is 5.10 Å². The first-order valence-electron chi connectivity index (χ1n) is 10.5. The lowest BCUT2D eigenvalue weighted by Gasteiger charge is -2.29. The van der Waals surface area contributed by atoms with Crippen LogP contribution in [0.1, 0.15) is 48.5 Å². The van der Waals surface area contributed by atoms with E-state index in [0.29, 0.717) is 18.7 Å². The van der Waals surface area contributed by atoms with Gasteiger partial charge in [0.05, 0.1) is 24.4 Å². The second kappa shape index (κ2) is 9.18. The van der Waals surface area contributed by atoms with Gasteiger partial charge in [-0.3, -0.25) is 4.79 Å². The zero-order chi connectivity index (χ0) is 20.1. The minimum atomic E-state index is 0.0197. The lowest BCUT2D eigenvalue weighted by atomic mass is 10.1. The fraction of sp³-hybridized carbons (Fsp3) is 0.435. The Hall–Kier alpha value is -2.73. The number of carbonyl (C=O) groups excluding carboxylic acids is 1. The summed E-state index contributed by atoms with van der Waals surface area (Å²) in [4.78, 5) is 19.6. The van der Waals surface area contributed by atoms with Crippen LogP contribution in [-0.4, -0.2) is 51.4 Å². The molecule has 3 heterocycles. The SMILES string of the molecule is CCCN(CC1CCCCO1)C(=O)c1cnc2c(cnn2Cc2ccccc2)c1. The van der Waals surface area contributed by atoms with Crippen LogP contribution in [0.2, 0.25) is 0 Å². The molecule has 3 aromatic rings. The first-order chi connectivity index (χ1) is 14.2. The third kappa shape index (κ3) is 4.65. The third-order valence-corrected chi connectivity index (χ3v) is 5.38. The van der Waals surface area contributed by atoms with Crippen molar-refractivity contribution < 1.29 is 9.53 Å². The van der Waals surface area contributed by atoms with Gasteiger partial charge in [-0.15, -0.1) is 0 Å². The van der Waals surface area contributed by atoms with E-state index in [1.54, 1.807) is 12.4 Å². The summed E-state index contributed by atoms with van der Waals surface area (Å²) in [5.74, 6) is 0.0197. The Labute approximate surface area is 171 Å². The highest BCUT2D eigenvalue weighted by Gasteiger charge is 2.22. The van der Waals surface area contributed by atoms with E-state index in [-0.39, 0.29) is 12.0 Å². The summed E-state index contributed by atoms with van der Waals surface area (Å²) in [6.07, 6.45) is 7.85. The van der Waals surface area contributed by atoms with Gasteiger partial charge < -0.3 is 9.64 Å². The molecular formula is C23H28N4O2. The summed E-state index contributed by atoms with van der Waals surface area (Å²) in [5.41, 5.74) is 2.57. The van der Waals surface area contributed by atoms with Gasteiger partial charge in [0, 0.05) is 31.3 Å². The normalized spacial score (nSPS) is 16.8. The van der Waals surface area contributed by atoms with E-state index in [2.05, 4.69) is 29.1 Å². The molecule has 0 radical (unpaired) electrons. The maximum absolute atomic E-state index is 13.2. The lowest BCUT2D eigenvalue weighted by Crippen LogP contribution is -2.40. The molecule has 152 valence electrons. The van der Waals surface area contributed by atoms with Gasteiger partial charge in [0.25, 0.3) is 5.91 Å². The van der Waals surface area contributed by atoms with Gasteiger partial charge in [0.2, 0.25) is 0 Å². The molecule has 6 heteroatoms. The number of amides is 1. The molecule has 1 unspecified atom stereocenters. The first kappa shape index (κ1) is 19.6. The maximum atomic E-state index is 13.2. The molecule has 1 saturated heterocycles. The van der Waals surface area contributed by atoms with Crippen molar-refractivity contribution >= 4 is 16.9 Å². The molecule has 1 aliphatic rings. The summed E-state index contributed by atoms with van der Waals surface area (Å²) < 4.78 is 7.72. The van der Waals surface area contributed by atoms with Gasteiger partial charge in [-0.05, 0) is 37.3 Å². The molecule has 6 nitrogen and oxygen atoms in total. The van der Waals surface area contributed by atoms with Crippen LogP contribution >= 0.6 is 0 Å². The molecule has 1 amide bonds. The van der Waals surface area contributed by atoms with E-state index in [9.17, 15) is 4.79 Å². The number of carbonyl (C=O) groups is 1. The average Bonchev–Trinajstić information content (AvgIpc) is 3.16. The number of ether oxygens (including phenoxy) is 1. The average molecular weight is 393 g/mol. The maximum Gasteiger partial charge on any atom is 0.255 e. The molecule has 2 aromatic heterocycles. The largest absolute Gasteiger partial charge is 0.376 e. The van der Waals surface area contributed by atoms with E-state index >= 15 is 0 Å². The van der Waals surface area contributed by atoms with Gasteiger partial charge in [-0.25, -0.2) is 9.67 Å². The van der Waals surface area contributed by atoms with E-state index in [0.717, 1.165) is 43.4 Å². The highest BCUT2D eigenvalue weighted by molar-refractivity contribution is 5.96. The van der Waals surface area contributed by atoms with Crippen molar-refractivity contribution in [2.45, 2.75) is 45.3 Å². The Bertz CT molecular complexity index is 948. The molecule has 4 rings (SSSR count). The van der Waals surface area contributed by atoms with Crippen LogP contribution in [0.5, 0.6) is 0 Å². The molecule has 1 aliphatic heterocycles. The molecule has 1 aromatic carbocycles. The Morgan fingerprint density at radius 1 is 1.24 bits per heavy atom. The highest BCUT2D eigenvalue weighted by Crippen LogP contribution is 2.18. The molecule has 0 spiro atoms. The van der Waals surface area contributed by atoms with Crippen LogP contribution in [-0.2, 0) is 11.3 Å². The number of pyridine rings is 1. The molecule has 1 atom stereocenters. The van der Waals surface area contributed by atoms with E-state index < -0.39 is 0 Å². The van der Waals surface area contributed by atoms with Gasteiger partial charge in [0.1, 0.15) is 0 Å². The van der Waals surface area contributed by atoms with E-state index in [4.69, 9.17) is 4.74 Å². The third-order valence-electron chi connectivity index (χ3n) is 5.38. The minimum absolute atomic E-state index is 0.0197. The molecular weight excluding hydrogens is 364 g/mol. The molecule has 0 aliphatic carbocycles. The van der Waals surface area contributed by atoms with E-state index in [1.807, 2.05) is 33.8 Å². The predicted molar refractivity (Wildman–Crippen MR) is 113 cm³/mol. The number of hydrogen-bond donors (Lipinski definition) is 0. The topological polar surface area (TPSA) is 60.2 Å². The standard InChI is InChI=1S/C23H28N4O2/c1-2-11-26(17-21-10-6-7-12-29-21)23(28)20-13-19-15-25-27(22(19)24-14-20)16-18-8-4-3-5-9-18/h3-5,8-9,13-15,21H,2,6-7,10-12,16-17H2,1H3. The second-order valence-corrected chi connectivity index (χ2v) is 7.66. The lowest BCUT2D eigenvalue weighted by molar-refractivity contribution is -0.00384. The molecule has 1 fully saturated rings. The zero-order valence-electron chi connectivity index (χ0n) is 17.0. The number of hydrogen-bond acceptors (Lipinski definition) is 4. The van der Waals surface area contributed by atoms with Crippen molar-refractivity contribution in [3.63, 3.8) is 0 Å². The highest BCUT2D eigenvalue weighted by atomic mass is 16.5. The smallest absolute Gasteiger partial charge is 0.255 e. The van der Waals surface area contributed by atoms with Crippen LogP contribution in [0.3, 0.4) is 0 Å². The van der Waals surface area contributed by atoms with Crippen molar-refractivity contribution in [2.24, 2.45) is 0 Å².